The molecule has 2 rings (SSSR count). The molecule has 0 aliphatic carbocycles. The van der Waals surface area contributed by atoms with Gasteiger partial charge in [0.15, 0.2) is 5.82 Å². The number of carbonyl (C=O) groups is 1. The van der Waals surface area contributed by atoms with Gasteiger partial charge in [-0.25, -0.2) is 0 Å². The third-order valence-corrected chi connectivity index (χ3v) is 3.03. The molecule has 1 N–H and O–H groups in total. The van der Waals surface area contributed by atoms with Crippen LogP contribution in [0.2, 0.25) is 0 Å². The molecular weight excluding hydrogens is 226 g/mol. The summed E-state index contributed by atoms with van der Waals surface area (Å²) in [5.41, 5.74) is 0. The summed E-state index contributed by atoms with van der Waals surface area (Å²) >= 11 is 1.44. The van der Waals surface area contributed by atoms with Crippen LogP contribution in [0.25, 0.3) is 4.96 Å². The number of nitrogens with one attached hydrogen (secondary N) is 1. The van der Waals surface area contributed by atoms with Crippen molar-refractivity contribution in [3.05, 3.63) is 10.8 Å². The fourth-order valence-electron chi connectivity index (χ4n) is 1.19. The van der Waals surface area contributed by atoms with E-state index in [1.165, 1.54) is 11.3 Å². The maximum atomic E-state index is 11.4. The van der Waals surface area contributed by atoms with Gasteiger partial charge in [0.05, 0.1) is 6.54 Å². The lowest BCUT2D eigenvalue weighted by molar-refractivity contribution is -0.124. The molecule has 0 saturated heterocycles. The van der Waals surface area contributed by atoms with E-state index >= 15 is 0 Å². The second-order valence-electron chi connectivity index (χ2n) is 3.81. The van der Waals surface area contributed by atoms with Crippen LogP contribution in [0.3, 0.4) is 0 Å². The maximum Gasteiger partial charge on any atom is 0.234 e. The Bertz CT molecular complexity index is 515. The van der Waals surface area contributed by atoms with Crippen molar-refractivity contribution in [3.8, 4) is 0 Å². The summed E-state index contributed by atoms with van der Waals surface area (Å²) < 4.78 is 1.68. The third-order valence-electron chi connectivity index (χ3n) is 2.13. The van der Waals surface area contributed by atoms with Gasteiger partial charge < -0.3 is 5.32 Å². The van der Waals surface area contributed by atoms with E-state index in [1.54, 1.807) is 4.52 Å². The van der Waals surface area contributed by atoms with Crippen molar-refractivity contribution in [2.45, 2.75) is 27.3 Å². The van der Waals surface area contributed by atoms with Crippen LogP contribution >= 0.6 is 11.3 Å². The molecule has 0 saturated carbocycles. The summed E-state index contributed by atoms with van der Waals surface area (Å²) in [5.74, 6) is 0.780. The molecular formula is C9H13N5OS. The van der Waals surface area contributed by atoms with E-state index in [9.17, 15) is 4.79 Å². The smallest absolute Gasteiger partial charge is 0.234 e. The molecule has 0 unspecified atom stereocenters. The number of aromatic nitrogens is 4. The minimum atomic E-state index is -0.00699. The van der Waals surface area contributed by atoms with E-state index in [0.717, 1.165) is 15.8 Å². The largest absolute Gasteiger partial charge is 0.349 e. The first-order chi connectivity index (χ1) is 7.58. The summed E-state index contributed by atoms with van der Waals surface area (Å²) in [7, 11) is 0. The molecule has 0 aromatic carbocycles. The molecule has 2 aromatic heterocycles. The number of aryl methyl sites for hydroxylation is 1. The standard InChI is InChI=1S/C9H13N5OS/c1-5(2)8(15)10-4-7-13-14-6(3)11-12-9(14)16-7/h5H,4H2,1-3H3,(H,10,15). The van der Waals surface area contributed by atoms with E-state index < -0.39 is 0 Å². The Labute approximate surface area is 96.7 Å². The van der Waals surface area contributed by atoms with E-state index in [2.05, 4.69) is 20.6 Å². The number of amides is 1. The minimum absolute atomic E-state index is 0.00699. The Morgan fingerprint density at radius 3 is 2.88 bits per heavy atom. The van der Waals surface area contributed by atoms with Gasteiger partial charge in [0.25, 0.3) is 0 Å². The number of nitrogens with zero attached hydrogens (tertiary/aromatic N) is 4. The molecule has 1 amide bonds. The Hall–Kier alpha value is -1.50. The van der Waals surface area contributed by atoms with Crippen molar-refractivity contribution in [2.75, 3.05) is 0 Å². The quantitative estimate of drug-likeness (QED) is 0.858. The molecule has 0 aliphatic heterocycles. The molecule has 0 aliphatic rings. The van der Waals surface area contributed by atoms with Gasteiger partial charge >= 0.3 is 0 Å². The first kappa shape index (κ1) is 11.0. The van der Waals surface area contributed by atoms with Crippen LogP contribution in [0, 0.1) is 12.8 Å². The van der Waals surface area contributed by atoms with Gasteiger partial charge in [-0.2, -0.15) is 9.61 Å². The van der Waals surface area contributed by atoms with E-state index in [1.807, 2.05) is 20.8 Å². The van der Waals surface area contributed by atoms with Crippen LogP contribution in [-0.2, 0) is 11.3 Å². The predicted octanol–water partition coefficient (Wildman–Crippen LogP) is 0.766. The summed E-state index contributed by atoms with van der Waals surface area (Å²) in [6.45, 7) is 6.01. The number of hydrogen-bond donors (Lipinski definition) is 1. The zero-order chi connectivity index (χ0) is 11.7. The zero-order valence-electron chi connectivity index (χ0n) is 9.39. The maximum absolute atomic E-state index is 11.4. The fraction of sp³-hybridized carbons (Fsp3) is 0.556. The highest BCUT2D eigenvalue weighted by Crippen LogP contribution is 2.13. The highest BCUT2D eigenvalue weighted by molar-refractivity contribution is 7.16. The molecule has 7 heteroatoms. The van der Waals surface area contributed by atoms with Crippen LogP contribution in [0.1, 0.15) is 24.7 Å². The number of fused-ring (bicyclic) bond motifs is 1. The number of carbonyl (C=O) groups excluding carboxylic acids is 1. The summed E-state index contributed by atoms with van der Waals surface area (Å²) in [6, 6.07) is 0. The Morgan fingerprint density at radius 2 is 2.25 bits per heavy atom. The predicted molar refractivity (Wildman–Crippen MR) is 60.1 cm³/mol. The van der Waals surface area contributed by atoms with Crippen LogP contribution in [0.15, 0.2) is 0 Å². The van der Waals surface area contributed by atoms with Gasteiger partial charge in [-0.1, -0.05) is 25.2 Å². The second kappa shape index (κ2) is 4.17. The summed E-state index contributed by atoms with van der Waals surface area (Å²) in [4.78, 5) is 12.1. The molecule has 16 heavy (non-hydrogen) atoms. The van der Waals surface area contributed by atoms with Gasteiger partial charge in [0, 0.05) is 5.92 Å². The average Bonchev–Trinajstić information content (AvgIpc) is 2.77. The summed E-state index contributed by atoms with van der Waals surface area (Å²) in [5, 5.41) is 15.8. The molecule has 0 fully saturated rings. The number of rotatable bonds is 3. The Kier molecular flexibility index (Phi) is 2.86. The topological polar surface area (TPSA) is 72.2 Å². The molecule has 86 valence electrons. The van der Waals surface area contributed by atoms with Crippen molar-refractivity contribution >= 4 is 22.2 Å². The van der Waals surface area contributed by atoms with Crippen LogP contribution < -0.4 is 5.32 Å². The van der Waals surface area contributed by atoms with Crippen molar-refractivity contribution in [3.63, 3.8) is 0 Å². The lowest BCUT2D eigenvalue weighted by atomic mass is 10.2. The SMILES string of the molecule is Cc1nnc2sc(CNC(=O)C(C)C)nn12. The van der Waals surface area contributed by atoms with Gasteiger partial charge in [0.1, 0.15) is 5.01 Å². The normalized spacial score (nSPS) is 11.2. The van der Waals surface area contributed by atoms with E-state index in [-0.39, 0.29) is 11.8 Å². The lowest BCUT2D eigenvalue weighted by Crippen LogP contribution is -2.27. The van der Waals surface area contributed by atoms with Gasteiger partial charge in [-0.3, -0.25) is 4.79 Å². The van der Waals surface area contributed by atoms with Crippen LogP contribution in [-0.4, -0.2) is 25.7 Å². The summed E-state index contributed by atoms with van der Waals surface area (Å²) in [6.07, 6.45) is 0. The molecule has 0 atom stereocenters. The van der Waals surface area contributed by atoms with Crippen LogP contribution in [0.4, 0.5) is 0 Å². The first-order valence-electron chi connectivity index (χ1n) is 5.03. The Morgan fingerprint density at radius 1 is 1.50 bits per heavy atom. The molecule has 2 aromatic rings. The monoisotopic (exact) mass is 239 g/mol. The van der Waals surface area contributed by atoms with Gasteiger partial charge in [-0.15, -0.1) is 10.2 Å². The van der Waals surface area contributed by atoms with Crippen LogP contribution in [0.5, 0.6) is 0 Å². The molecule has 2 heterocycles. The number of hydrogen-bond acceptors (Lipinski definition) is 5. The fourth-order valence-corrected chi connectivity index (χ4v) is 2.01. The van der Waals surface area contributed by atoms with E-state index in [0.29, 0.717) is 6.54 Å². The minimum Gasteiger partial charge on any atom is -0.349 e. The van der Waals surface area contributed by atoms with Crippen molar-refractivity contribution in [1.29, 1.82) is 0 Å². The van der Waals surface area contributed by atoms with Gasteiger partial charge in [0.2, 0.25) is 10.9 Å². The highest BCUT2D eigenvalue weighted by atomic mass is 32.1. The third kappa shape index (κ3) is 2.04. The molecule has 6 nitrogen and oxygen atoms in total. The zero-order valence-corrected chi connectivity index (χ0v) is 10.2. The lowest BCUT2D eigenvalue weighted by Gasteiger charge is -2.04. The van der Waals surface area contributed by atoms with Crippen molar-refractivity contribution < 1.29 is 4.79 Å². The van der Waals surface area contributed by atoms with Crippen molar-refractivity contribution in [1.82, 2.24) is 25.1 Å². The molecule has 0 radical (unpaired) electrons. The molecule has 0 bridgehead atoms. The van der Waals surface area contributed by atoms with Crippen molar-refractivity contribution in [2.24, 2.45) is 5.92 Å². The Balaban J connectivity index is 2.07. The van der Waals surface area contributed by atoms with Gasteiger partial charge in [-0.05, 0) is 6.92 Å². The first-order valence-corrected chi connectivity index (χ1v) is 5.85. The highest BCUT2D eigenvalue weighted by Gasteiger charge is 2.10. The molecule has 0 spiro atoms. The average molecular weight is 239 g/mol. The van der Waals surface area contributed by atoms with E-state index in [4.69, 9.17) is 0 Å². The second-order valence-corrected chi connectivity index (χ2v) is 4.85.